The number of rotatable bonds is 7. The zero-order valence-electron chi connectivity index (χ0n) is 12.7. The summed E-state index contributed by atoms with van der Waals surface area (Å²) in [5, 5.41) is 6.21. The van der Waals surface area contributed by atoms with Gasteiger partial charge in [0.15, 0.2) is 0 Å². The molecule has 2 N–H and O–H groups in total. The van der Waals surface area contributed by atoms with E-state index in [2.05, 4.69) is 47.6 Å². The molecule has 0 heterocycles. The van der Waals surface area contributed by atoms with Gasteiger partial charge < -0.3 is 15.5 Å². The molecule has 1 aliphatic rings. The van der Waals surface area contributed by atoms with Crippen molar-refractivity contribution >= 4 is 11.6 Å². The zero-order chi connectivity index (χ0) is 14.5. The average molecular weight is 275 g/mol. The van der Waals surface area contributed by atoms with E-state index < -0.39 is 0 Å². The Balaban J connectivity index is 2.03. The van der Waals surface area contributed by atoms with Crippen molar-refractivity contribution < 1.29 is 4.79 Å². The lowest BCUT2D eigenvalue weighted by atomic mass is 10.1. The highest BCUT2D eigenvalue weighted by Gasteiger charge is 2.20. The third-order valence-electron chi connectivity index (χ3n) is 3.84. The average Bonchev–Trinajstić information content (AvgIpc) is 3.27. The molecule has 4 heteroatoms. The Morgan fingerprint density at radius 2 is 2.15 bits per heavy atom. The maximum Gasteiger partial charge on any atom is 0.239 e. The lowest BCUT2D eigenvalue weighted by Gasteiger charge is -2.23. The maximum atomic E-state index is 11.5. The van der Waals surface area contributed by atoms with Gasteiger partial charge in [0.2, 0.25) is 5.91 Å². The van der Waals surface area contributed by atoms with E-state index in [1.54, 1.807) is 7.05 Å². The summed E-state index contributed by atoms with van der Waals surface area (Å²) in [5.74, 6) is 0.0454. The molecule has 0 aromatic heterocycles. The second kappa shape index (κ2) is 6.75. The molecule has 0 spiro atoms. The summed E-state index contributed by atoms with van der Waals surface area (Å²) in [4.78, 5) is 13.6. The van der Waals surface area contributed by atoms with Crippen LogP contribution in [0.2, 0.25) is 0 Å². The van der Waals surface area contributed by atoms with Crippen LogP contribution in [-0.2, 0) is 11.3 Å². The number of anilines is 1. The molecule has 1 amide bonds. The van der Waals surface area contributed by atoms with Crippen LogP contribution < -0.4 is 15.5 Å². The van der Waals surface area contributed by atoms with Crippen molar-refractivity contribution in [2.24, 2.45) is 0 Å². The topological polar surface area (TPSA) is 44.4 Å². The Morgan fingerprint density at radius 3 is 2.70 bits per heavy atom. The van der Waals surface area contributed by atoms with Crippen molar-refractivity contribution in [3.63, 3.8) is 0 Å². The van der Waals surface area contributed by atoms with Crippen molar-refractivity contribution in [3.05, 3.63) is 29.3 Å². The van der Waals surface area contributed by atoms with Crippen molar-refractivity contribution in [3.8, 4) is 0 Å². The van der Waals surface area contributed by atoms with Crippen molar-refractivity contribution in [1.29, 1.82) is 0 Å². The monoisotopic (exact) mass is 275 g/mol. The number of aryl methyl sites for hydroxylation is 1. The van der Waals surface area contributed by atoms with Crippen LogP contribution in [0.4, 0.5) is 5.69 Å². The first-order valence-electron chi connectivity index (χ1n) is 7.42. The summed E-state index contributed by atoms with van der Waals surface area (Å²) in [6, 6.07) is 7.20. The number of carbonyl (C=O) groups is 1. The number of nitrogens with one attached hydrogen (secondary N) is 2. The molecule has 0 atom stereocenters. The highest BCUT2D eigenvalue weighted by Crippen LogP contribution is 2.22. The van der Waals surface area contributed by atoms with Crippen molar-refractivity contribution in [2.75, 3.05) is 25.0 Å². The fourth-order valence-corrected chi connectivity index (χ4v) is 2.25. The van der Waals surface area contributed by atoms with Crippen molar-refractivity contribution in [2.45, 2.75) is 39.3 Å². The van der Waals surface area contributed by atoms with E-state index in [1.807, 2.05) is 0 Å². The first kappa shape index (κ1) is 14.9. The molecule has 1 saturated carbocycles. The van der Waals surface area contributed by atoms with Gasteiger partial charge in [0, 0.05) is 31.9 Å². The lowest BCUT2D eigenvalue weighted by molar-refractivity contribution is -0.119. The minimum atomic E-state index is 0.0454. The Bertz CT molecular complexity index is 469. The van der Waals surface area contributed by atoms with Gasteiger partial charge in [-0.25, -0.2) is 0 Å². The van der Waals surface area contributed by atoms with E-state index in [9.17, 15) is 4.79 Å². The summed E-state index contributed by atoms with van der Waals surface area (Å²) in [5.41, 5.74) is 3.74. The minimum Gasteiger partial charge on any atom is -0.362 e. The van der Waals surface area contributed by atoms with E-state index in [4.69, 9.17) is 0 Å². The van der Waals surface area contributed by atoms with Crippen LogP contribution in [0.25, 0.3) is 0 Å². The number of hydrogen-bond donors (Lipinski definition) is 2. The van der Waals surface area contributed by atoms with E-state index >= 15 is 0 Å². The van der Waals surface area contributed by atoms with Crippen LogP contribution in [0.15, 0.2) is 18.2 Å². The Kier molecular flexibility index (Phi) is 5.01. The van der Waals surface area contributed by atoms with Crippen LogP contribution >= 0.6 is 0 Å². The SMILES string of the molecule is CCN(CC(=O)NC)c1ccc(CNC2CC2)c(C)c1. The zero-order valence-corrected chi connectivity index (χ0v) is 12.7. The molecule has 0 radical (unpaired) electrons. The summed E-state index contributed by atoms with van der Waals surface area (Å²) in [7, 11) is 1.67. The molecule has 0 bridgehead atoms. The van der Waals surface area contributed by atoms with Crippen LogP contribution in [0.1, 0.15) is 30.9 Å². The van der Waals surface area contributed by atoms with Crippen LogP contribution in [0.3, 0.4) is 0 Å². The molecule has 0 aliphatic heterocycles. The van der Waals surface area contributed by atoms with Gasteiger partial charge in [0.25, 0.3) is 0 Å². The second-order valence-corrected chi connectivity index (χ2v) is 5.45. The Morgan fingerprint density at radius 1 is 1.40 bits per heavy atom. The minimum absolute atomic E-state index is 0.0454. The van der Waals surface area contributed by atoms with Gasteiger partial charge in [-0.1, -0.05) is 6.07 Å². The summed E-state index contributed by atoms with van der Waals surface area (Å²) >= 11 is 0. The second-order valence-electron chi connectivity index (χ2n) is 5.45. The number of amides is 1. The number of nitrogens with zero attached hydrogens (tertiary/aromatic N) is 1. The third-order valence-corrected chi connectivity index (χ3v) is 3.84. The lowest BCUT2D eigenvalue weighted by Crippen LogP contribution is -2.35. The first-order chi connectivity index (χ1) is 9.63. The Hall–Kier alpha value is -1.55. The molecule has 1 aromatic rings. The molecule has 110 valence electrons. The molecule has 2 rings (SSSR count). The fourth-order valence-electron chi connectivity index (χ4n) is 2.25. The van der Waals surface area contributed by atoms with Gasteiger partial charge in [0.05, 0.1) is 6.54 Å². The molecule has 0 unspecified atom stereocenters. The highest BCUT2D eigenvalue weighted by atomic mass is 16.1. The molecule has 20 heavy (non-hydrogen) atoms. The third kappa shape index (κ3) is 3.97. The molecule has 0 saturated heterocycles. The van der Waals surface area contributed by atoms with E-state index in [1.165, 1.54) is 24.0 Å². The molecule has 4 nitrogen and oxygen atoms in total. The molecule has 1 aromatic carbocycles. The largest absolute Gasteiger partial charge is 0.362 e. The summed E-state index contributed by atoms with van der Waals surface area (Å²) in [6.45, 7) is 6.39. The van der Waals surface area contributed by atoms with Gasteiger partial charge in [-0.3, -0.25) is 4.79 Å². The maximum absolute atomic E-state index is 11.5. The van der Waals surface area contributed by atoms with Gasteiger partial charge in [0.1, 0.15) is 0 Å². The van der Waals surface area contributed by atoms with Gasteiger partial charge >= 0.3 is 0 Å². The fraction of sp³-hybridized carbons (Fsp3) is 0.562. The summed E-state index contributed by atoms with van der Waals surface area (Å²) in [6.07, 6.45) is 2.62. The standard InChI is InChI=1S/C16H25N3O/c1-4-19(11-16(20)17-3)15-8-5-13(12(2)9-15)10-18-14-6-7-14/h5,8-9,14,18H,4,6-7,10-11H2,1-3H3,(H,17,20). The van der Waals surface area contributed by atoms with Crippen LogP contribution in [0.5, 0.6) is 0 Å². The van der Waals surface area contributed by atoms with Crippen molar-refractivity contribution in [1.82, 2.24) is 10.6 Å². The highest BCUT2D eigenvalue weighted by molar-refractivity contribution is 5.81. The Labute approximate surface area is 121 Å². The van der Waals surface area contributed by atoms with Crippen LogP contribution in [0, 0.1) is 6.92 Å². The summed E-state index contributed by atoms with van der Waals surface area (Å²) < 4.78 is 0. The first-order valence-corrected chi connectivity index (χ1v) is 7.42. The van der Waals surface area contributed by atoms with Gasteiger partial charge in [-0.05, 0) is 49.9 Å². The molecular formula is C16H25N3O. The number of carbonyl (C=O) groups excluding carboxylic acids is 1. The normalized spacial score (nSPS) is 14.2. The van der Waals surface area contributed by atoms with Gasteiger partial charge in [-0.2, -0.15) is 0 Å². The van der Waals surface area contributed by atoms with Gasteiger partial charge in [-0.15, -0.1) is 0 Å². The van der Waals surface area contributed by atoms with Crippen LogP contribution in [-0.4, -0.2) is 32.1 Å². The van der Waals surface area contributed by atoms with E-state index in [0.29, 0.717) is 6.54 Å². The molecule has 1 fully saturated rings. The smallest absolute Gasteiger partial charge is 0.239 e. The molecular weight excluding hydrogens is 250 g/mol. The quantitative estimate of drug-likeness (QED) is 0.798. The number of benzene rings is 1. The number of likely N-dealkylation sites (N-methyl/N-ethyl adjacent to an activating group) is 2. The predicted octanol–water partition coefficient (Wildman–Crippen LogP) is 1.82. The van der Waals surface area contributed by atoms with E-state index in [0.717, 1.165) is 24.8 Å². The predicted molar refractivity (Wildman–Crippen MR) is 83.0 cm³/mol. The molecule has 1 aliphatic carbocycles. The number of hydrogen-bond acceptors (Lipinski definition) is 3. The van der Waals surface area contributed by atoms with E-state index in [-0.39, 0.29) is 5.91 Å².